The molecule has 5 saturated heterocycles. The maximum absolute atomic E-state index is 16.1. The fraction of sp³-hybridized carbons (Fsp3) is 0.571. The summed E-state index contributed by atoms with van der Waals surface area (Å²) in [4.78, 5) is 89.2. The van der Waals surface area contributed by atoms with Gasteiger partial charge in [-0.25, -0.2) is 32.5 Å². The second kappa shape index (κ2) is 28.1. The van der Waals surface area contributed by atoms with E-state index in [0.29, 0.717) is 121 Å². The zero-order valence-corrected chi connectivity index (χ0v) is 60.7. The van der Waals surface area contributed by atoms with Crippen LogP contribution in [0.1, 0.15) is 145 Å². The van der Waals surface area contributed by atoms with Crippen molar-refractivity contribution in [3.05, 3.63) is 88.6 Å². The van der Waals surface area contributed by atoms with Gasteiger partial charge in [0, 0.05) is 74.4 Å². The van der Waals surface area contributed by atoms with E-state index in [-0.39, 0.29) is 71.6 Å². The highest BCUT2D eigenvalue weighted by Gasteiger charge is 2.72. The highest BCUT2D eigenvalue weighted by molar-refractivity contribution is 7.46. The summed E-state index contributed by atoms with van der Waals surface area (Å²) in [5.41, 5.74) is 1.74. The number of aryl methyl sites for hydroxylation is 3. The molecule has 6 fully saturated rings. The standard InChI is InChI=1S/C70H84F5N14O11PS2/c1-38(2)58(64(92)86-32-47(90)27-52(86)62(91)79-50(33-99-101(94,95)96)42-12-14-43(15-13-42)59-40(4)77-37-102-59)87-29-44(82-83-87)16-11-41-20-23-84(24-21-41)35-68(34-69(68,71)72)36-98-65-80-61(85-30-45-17-18-46(31-85)88(45)66(93)100-67(5,6)7)55-48-19-22-76-57(60(48)103-63(55)81-65)54-49-28-78-89(53-10-8-9-25-97-53)51(49)26-39(3)56(54)70(73,74)75/h12-15,19,22,26,28-29,37-38,41,45-47,50,52-53,58,90H,8-11,16-18,20-21,23-25,27,30-36H2,1-7H3,(H,79,91)(H2,94,95,96)/t45?,46?,47-,50+,52+,53?,58+,68-/m1/s1. The van der Waals surface area contributed by atoms with Gasteiger partial charge in [0.05, 0.1) is 91.1 Å². The highest BCUT2D eigenvalue weighted by Crippen LogP contribution is 2.61. The van der Waals surface area contributed by atoms with Gasteiger partial charge < -0.3 is 49.1 Å². The zero-order valence-electron chi connectivity index (χ0n) is 58.2. The van der Waals surface area contributed by atoms with Crippen molar-refractivity contribution in [3.63, 3.8) is 0 Å². The Kier molecular flexibility index (Phi) is 19.8. The number of phosphoric acid groups is 1. The van der Waals surface area contributed by atoms with Gasteiger partial charge in [0.25, 0.3) is 5.92 Å². The van der Waals surface area contributed by atoms with Crippen LogP contribution in [0.4, 0.5) is 32.6 Å². The van der Waals surface area contributed by atoms with Crippen molar-refractivity contribution in [2.45, 2.75) is 179 Å². The number of rotatable bonds is 21. The van der Waals surface area contributed by atoms with Gasteiger partial charge in [-0.05, 0) is 146 Å². The molecule has 2 bridgehead atoms. The number of nitrogens with one attached hydrogen (secondary N) is 1. The van der Waals surface area contributed by atoms with Crippen LogP contribution in [0.25, 0.3) is 52.9 Å². The highest BCUT2D eigenvalue weighted by atomic mass is 32.1. The number of benzene rings is 2. The Morgan fingerprint density at radius 1 is 0.942 bits per heavy atom. The summed E-state index contributed by atoms with van der Waals surface area (Å²) in [7, 11) is -4.97. The van der Waals surface area contributed by atoms with Crippen LogP contribution in [0.15, 0.2) is 60.5 Å². The molecule has 6 aliphatic rings. The fourth-order valence-corrected chi connectivity index (χ4v) is 18.1. The average molecular weight is 1490 g/mol. The molecular formula is C70H84F5N14O11PS2. The first-order valence-electron chi connectivity index (χ1n) is 35.1. The number of fused-ring (bicyclic) bond motifs is 6. The molecule has 0 spiro atoms. The normalized spacial score (nSPS) is 23.3. The maximum Gasteiger partial charge on any atom is 0.469 e. The molecule has 14 rings (SSSR count). The molecule has 1 saturated carbocycles. The SMILES string of the molecule is Cc1cc2c(cnn2C2CCCCO2)c(-c2nccc3c2sc2nc(OC[C@]4(CN5CCC(CCc6cn([C@H](C(=O)N7C[C@H](O)C[C@H]7C(=O)N[C@@H](COP(=O)(O)O)c7ccc(-c8scnc8C)cc7)C(C)C)nn6)CC5)CC4(F)F)nc(N4CC5CCC(C4)N5C(=O)OC(C)(C)C)c23)c1C(F)(F)F. The smallest absolute Gasteiger partial charge is 0.462 e. The number of likely N-dealkylation sites (tertiary alicyclic amines) is 2. The number of phosphoric ester groups is 1. The number of piperidine rings is 1. The quantitative estimate of drug-likeness (QED) is 0.0384. The maximum atomic E-state index is 16.1. The molecular weight excluding hydrogens is 1400 g/mol. The molecule has 0 radical (unpaired) electrons. The number of anilines is 1. The monoisotopic (exact) mass is 1490 g/mol. The van der Waals surface area contributed by atoms with E-state index >= 15 is 22.0 Å². The van der Waals surface area contributed by atoms with Gasteiger partial charge in [-0.15, -0.1) is 27.8 Å². The molecule has 4 N–H and O–H groups in total. The van der Waals surface area contributed by atoms with Crippen LogP contribution in [0.3, 0.4) is 0 Å². The van der Waals surface area contributed by atoms with E-state index in [1.165, 1.54) is 46.3 Å². The van der Waals surface area contributed by atoms with Gasteiger partial charge in [0.15, 0.2) is 6.23 Å². The van der Waals surface area contributed by atoms with E-state index in [9.17, 15) is 33.8 Å². The number of amides is 3. The van der Waals surface area contributed by atoms with Crippen LogP contribution in [0, 0.1) is 31.1 Å². The minimum absolute atomic E-state index is 0.0130. The number of thiophene rings is 1. The Balaban J connectivity index is 0.658. The third-order valence-electron chi connectivity index (χ3n) is 21.0. The number of aliphatic hydroxyl groups is 1. The number of aromatic nitrogens is 9. The predicted molar refractivity (Wildman–Crippen MR) is 373 cm³/mol. The van der Waals surface area contributed by atoms with Gasteiger partial charge in [-0.1, -0.05) is 43.3 Å². The Labute approximate surface area is 598 Å². The number of carbonyl (C=O) groups is 3. The van der Waals surface area contributed by atoms with E-state index in [1.807, 2.05) is 63.5 Å². The lowest BCUT2D eigenvalue weighted by molar-refractivity contribution is -0.142. The van der Waals surface area contributed by atoms with Crippen LogP contribution in [-0.4, -0.2) is 187 Å². The molecule has 3 unspecified atom stereocenters. The number of ether oxygens (including phenoxy) is 3. The van der Waals surface area contributed by atoms with E-state index in [0.717, 1.165) is 40.3 Å². The molecule has 1 aliphatic carbocycles. The number of thiazole rings is 1. The molecule has 11 heterocycles. The Hall–Kier alpha value is -7.42. The number of pyridine rings is 1. The number of piperazine rings is 1. The number of hydrogen-bond donors (Lipinski definition) is 4. The summed E-state index contributed by atoms with van der Waals surface area (Å²) in [6, 6.07) is 6.44. The largest absolute Gasteiger partial charge is 0.469 e. The van der Waals surface area contributed by atoms with Crippen LogP contribution in [0.5, 0.6) is 6.01 Å². The summed E-state index contributed by atoms with van der Waals surface area (Å²) in [5.74, 6) is -3.95. The Bertz CT molecular complexity index is 4540. The van der Waals surface area contributed by atoms with Crippen LogP contribution in [-0.2, 0) is 40.7 Å². The van der Waals surface area contributed by atoms with Gasteiger partial charge in [0.2, 0.25) is 11.8 Å². The summed E-state index contributed by atoms with van der Waals surface area (Å²) in [5, 5.41) is 28.5. The van der Waals surface area contributed by atoms with Crippen molar-refractivity contribution >= 4 is 85.4 Å². The van der Waals surface area contributed by atoms with Crippen molar-refractivity contribution in [2.75, 3.05) is 64.0 Å². The van der Waals surface area contributed by atoms with Crippen molar-refractivity contribution in [2.24, 2.45) is 17.3 Å². The minimum atomic E-state index is -4.97. The number of aliphatic hydroxyl groups excluding tert-OH is 1. The summed E-state index contributed by atoms with van der Waals surface area (Å²) >= 11 is 2.58. The van der Waals surface area contributed by atoms with Crippen molar-refractivity contribution in [3.8, 4) is 27.7 Å². The molecule has 552 valence electrons. The topological polar surface area (TPSA) is 291 Å². The number of β-amino-alcohol motifs (C(OH)–C–C–N with tert-alkyl or cyclic N) is 1. The lowest BCUT2D eigenvalue weighted by atomic mass is 9.91. The van der Waals surface area contributed by atoms with Gasteiger partial charge in [-0.2, -0.15) is 28.2 Å². The molecule has 6 aromatic heterocycles. The van der Waals surface area contributed by atoms with E-state index in [4.69, 9.17) is 33.7 Å². The molecule has 8 atom stereocenters. The molecule has 3 amide bonds. The lowest BCUT2D eigenvalue weighted by Crippen LogP contribution is -2.57. The Morgan fingerprint density at radius 3 is 2.33 bits per heavy atom. The van der Waals surface area contributed by atoms with Crippen molar-refractivity contribution in [1.82, 2.24) is 64.7 Å². The summed E-state index contributed by atoms with van der Waals surface area (Å²) in [6.45, 7) is 13.5. The molecule has 8 aromatic rings. The molecule has 33 heteroatoms. The average Bonchev–Trinajstić information content (AvgIpc) is 1.58. The third-order valence-corrected chi connectivity index (χ3v) is 23.6. The first-order chi connectivity index (χ1) is 48.9. The second-order valence-corrected chi connectivity index (χ2v) is 32.9. The molecule has 25 nitrogen and oxygen atoms in total. The number of hydrogen-bond acceptors (Lipinski definition) is 20. The van der Waals surface area contributed by atoms with E-state index in [2.05, 4.69) is 25.7 Å². The first kappa shape index (κ1) is 72.5. The minimum Gasteiger partial charge on any atom is -0.462 e. The number of halogens is 5. The molecule has 5 aliphatic heterocycles. The molecule has 103 heavy (non-hydrogen) atoms. The molecule has 2 aromatic carbocycles. The van der Waals surface area contributed by atoms with Crippen LogP contribution < -0.4 is 15.0 Å². The lowest BCUT2D eigenvalue weighted by Gasteiger charge is -2.42. The van der Waals surface area contributed by atoms with E-state index < -0.39 is 105 Å². The van der Waals surface area contributed by atoms with Gasteiger partial charge in [0.1, 0.15) is 34.9 Å². The van der Waals surface area contributed by atoms with Gasteiger partial charge >= 0.3 is 26.1 Å². The third kappa shape index (κ3) is 14.9. The van der Waals surface area contributed by atoms with E-state index in [1.54, 1.807) is 39.5 Å². The summed E-state index contributed by atoms with van der Waals surface area (Å²) in [6.07, 6.45) is 3.75. The summed E-state index contributed by atoms with van der Waals surface area (Å²) < 4.78 is 117. The zero-order chi connectivity index (χ0) is 72.8. The van der Waals surface area contributed by atoms with Crippen LogP contribution in [0.2, 0.25) is 0 Å². The van der Waals surface area contributed by atoms with Crippen molar-refractivity contribution in [1.29, 1.82) is 0 Å². The van der Waals surface area contributed by atoms with Gasteiger partial charge in [-0.3, -0.25) is 24.0 Å². The van der Waals surface area contributed by atoms with Crippen LogP contribution >= 0.6 is 30.5 Å². The number of carbonyl (C=O) groups excluding carboxylic acids is 3. The number of alkyl halides is 5. The fourth-order valence-electron chi connectivity index (χ4n) is 15.8. The van der Waals surface area contributed by atoms with Crippen molar-refractivity contribution < 1.29 is 74.5 Å². The predicted octanol–water partition coefficient (Wildman–Crippen LogP) is 11.8. The Morgan fingerprint density at radius 2 is 1.68 bits per heavy atom. The first-order valence-corrected chi connectivity index (χ1v) is 38.3. The second-order valence-electron chi connectivity index (χ2n) is 29.8. The number of nitrogens with zero attached hydrogens (tertiary/aromatic N) is 13.